The van der Waals surface area contributed by atoms with Gasteiger partial charge < -0.3 is 10.1 Å². The Bertz CT molecular complexity index is 774. The number of alkyl halides is 2. The standard InChI is InChI=1S/C14H11Cl2N3O5/c1-13(7-14(13,15)16)12(21)24-6-11(20)18-10-3-2-9(19(22)23)4-8(10)5-17/h2-4H,6-7H2,1H3,(H,18,20)/t13-/m1/s1. The third-order valence-electron chi connectivity index (χ3n) is 3.65. The van der Waals surface area contributed by atoms with Gasteiger partial charge in [-0.2, -0.15) is 5.26 Å². The van der Waals surface area contributed by atoms with Gasteiger partial charge in [-0.05, 0) is 13.0 Å². The lowest BCUT2D eigenvalue weighted by molar-refractivity contribution is -0.384. The van der Waals surface area contributed by atoms with Gasteiger partial charge in [0.2, 0.25) is 0 Å². The Balaban J connectivity index is 1.97. The second kappa shape index (κ2) is 6.26. The average molecular weight is 372 g/mol. The van der Waals surface area contributed by atoms with Gasteiger partial charge in [0.05, 0.1) is 16.2 Å². The van der Waals surface area contributed by atoms with Crippen LogP contribution in [0, 0.1) is 26.9 Å². The van der Waals surface area contributed by atoms with Crippen molar-refractivity contribution in [3.8, 4) is 6.07 Å². The van der Waals surface area contributed by atoms with E-state index in [4.69, 9.17) is 33.2 Å². The van der Waals surface area contributed by atoms with Crippen LogP contribution < -0.4 is 5.32 Å². The van der Waals surface area contributed by atoms with Gasteiger partial charge in [0.15, 0.2) is 6.61 Å². The molecular formula is C14H11Cl2N3O5. The highest BCUT2D eigenvalue weighted by molar-refractivity contribution is 6.53. The fourth-order valence-electron chi connectivity index (χ4n) is 1.95. The highest BCUT2D eigenvalue weighted by atomic mass is 35.5. The van der Waals surface area contributed by atoms with Gasteiger partial charge in [-0.15, -0.1) is 23.2 Å². The van der Waals surface area contributed by atoms with Crippen LogP contribution in [0.2, 0.25) is 0 Å². The molecule has 126 valence electrons. The monoisotopic (exact) mass is 371 g/mol. The molecule has 1 saturated carbocycles. The van der Waals surface area contributed by atoms with Gasteiger partial charge in [0.1, 0.15) is 15.8 Å². The van der Waals surface area contributed by atoms with Crippen LogP contribution in [0.4, 0.5) is 11.4 Å². The SMILES string of the molecule is C[C@]1(C(=O)OCC(=O)Nc2ccc([N+](=O)[O-])cc2C#N)CC1(Cl)Cl. The smallest absolute Gasteiger partial charge is 0.315 e. The molecule has 8 nitrogen and oxygen atoms in total. The van der Waals surface area contributed by atoms with E-state index in [2.05, 4.69) is 5.32 Å². The molecule has 0 saturated heterocycles. The van der Waals surface area contributed by atoms with Crippen LogP contribution in [-0.4, -0.2) is 27.7 Å². The van der Waals surface area contributed by atoms with E-state index < -0.39 is 33.2 Å². The Hall–Kier alpha value is -2.37. The lowest BCUT2D eigenvalue weighted by atomic mass is 10.1. The molecule has 1 aliphatic rings. The minimum absolute atomic E-state index is 0.0748. The number of hydrogen-bond acceptors (Lipinski definition) is 6. The molecule has 10 heteroatoms. The zero-order valence-corrected chi connectivity index (χ0v) is 13.8. The number of halogens is 2. The quantitative estimate of drug-likeness (QED) is 0.367. The highest BCUT2D eigenvalue weighted by Crippen LogP contribution is 2.64. The molecule has 0 bridgehead atoms. The molecule has 0 spiro atoms. The van der Waals surface area contributed by atoms with Gasteiger partial charge in [0, 0.05) is 18.6 Å². The van der Waals surface area contributed by atoms with E-state index in [9.17, 15) is 19.7 Å². The number of nitrogens with zero attached hydrogens (tertiary/aromatic N) is 2. The number of nitro benzene ring substituents is 1. The maximum Gasteiger partial charge on any atom is 0.315 e. The molecule has 1 amide bonds. The number of ether oxygens (including phenoxy) is 1. The van der Waals surface area contributed by atoms with E-state index >= 15 is 0 Å². The molecule has 0 unspecified atom stereocenters. The lowest BCUT2D eigenvalue weighted by Gasteiger charge is -2.12. The van der Waals surface area contributed by atoms with E-state index in [1.165, 1.54) is 13.0 Å². The third kappa shape index (κ3) is 3.42. The number of nitrogens with one attached hydrogen (secondary N) is 1. The van der Waals surface area contributed by atoms with E-state index in [1.807, 2.05) is 0 Å². The number of esters is 1. The molecule has 0 aliphatic heterocycles. The van der Waals surface area contributed by atoms with Crippen molar-refractivity contribution in [2.45, 2.75) is 17.7 Å². The summed E-state index contributed by atoms with van der Waals surface area (Å²) in [5.74, 6) is -1.40. The predicted octanol–water partition coefficient (Wildman–Crippen LogP) is 2.53. The Kier molecular flexibility index (Phi) is 4.69. The van der Waals surface area contributed by atoms with Crippen LogP contribution >= 0.6 is 23.2 Å². The predicted molar refractivity (Wildman–Crippen MR) is 84.6 cm³/mol. The van der Waals surface area contributed by atoms with Crippen LogP contribution in [-0.2, 0) is 14.3 Å². The summed E-state index contributed by atoms with van der Waals surface area (Å²) in [5.41, 5.74) is -1.34. The zero-order valence-electron chi connectivity index (χ0n) is 12.3. The van der Waals surface area contributed by atoms with E-state index in [-0.39, 0.29) is 23.4 Å². The summed E-state index contributed by atoms with van der Waals surface area (Å²) in [7, 11) is 0. The number of carbonyl (C=O) groups excluding carboxylic acids is 2. The summed E-state index contributed by atoms with van der Waals surface area (Å²) >= 11 is 11.7. The lowest BCUT2D eigenvalue weighted by Crippen LogP contribution is -2.27. The first kappa shape index (κ1) is 18.0. The minimum atomic E-state index is -1.20. The number of benzene rings is 1. The number of nitriles is 1. The maximum atomic E-state index is 11.8. The summed E-state index contributed by atoms with van der Waals surface area (Å²) in [6.45, 7) is 0.928. The maximum absolute atomic E-state index is 11.8. The topological polar surface area (TPSA) is 122 Å². The zero-order chi connectivity index (χ0) is 18.1. The number of hydrogen-bond donors (Lipinski definition) is 1. The number of anilines is 1. The first-order valence-electron chi connectivity index (χ1n) is 6.64. The average Bonchev–Trinajstić information content (AvgIpc) is 3.04. The van der Waals surface area contributed by atoms with Crippen LogP contribution in [0.3, 0.4) is 0 Å². The minimum Gasteiger partial charge on any atom is -0.455 e. The molecule has 0 radical (unpaired) electrons. The molecule has 24 heavy (non-hydrogen) atoms. The Morgan fingerprint density at radius 2 is 2.12 bits per heavy atom. The van der Waals surface area contributed by atoms with Crippen molar-refractivity contribution < 1.29 is 19.2 Å². The van der Waals surface area contributed by atoms with Crippen LogP contribution in [0.1, 0.15) is 18.9 Å². The fourth-order valence-corrected chi connectivity index (χ4v) is 2.63. The summed E-state index contributed by atoms with van der Waals surface area (Å²) < 4.78 is 3.66. The third-order valence-corrected chi connectivity index (χ3v) is 4.75. The van der Waals surface area contributed by atoms with E-state index in [1.54, 1.807) is 6.07 Å². The molecule has 1 aliphatic carbocycles. The van der Waals surface area contributed by atoms with Crippen molar-refractivity contribution in [3.63, 3.8) is 0 Å². The number of non-ortho nitro benzene ring substituents is 1. The van der Waals surface area contributed by atoms with Crippen LogP contribution in [0.25, 0.3) is 0 Å². The van der Waals surface area contributed by atoms with Crippen molar-refractivity contribution in [2.24, 2.45) is 5.41 Å². The second-order valence-electron chi connectivity index (χ2n) is 5.44. The van der Waals surface area contributed by atoms with Gasteiger partial charge >= 0.3 is 5.97 Å². The van der Waals surface area contributed by atoms with Gasteiger partial charge in [-0.3, -0.25) is 19.7 Å². The van der Waals surface area contributed by atoms with Crippen molar-refractivity contribution in [1.82, 2.24) is 0 Å². The van der Waals surface area contributed by atoms with Crippen LogP contribution in [0.5, 0.6) is 0 Å². The Morgan fingerprint density at radius 1 is 1.50 bits per heavy atom. The summed E-state index contributed by atoms with van der Waals surface area (Å²) in [6.07, 6.45) is 0.227. The molecule has 0 heterocycles. The summed E-state index contributed by atoms with van der Waals surface area (Å²) in [4.78, 5) is 33.7. The first-order valence-corrected chi connectivity index (χ1v) is 7.40. The normalized spacial score (nSPS) is 20.6. The number of nitro groups is 1. The van der Waals surface area contributed by atoms with Crippen molar-refractivity contribution in [2.75, 3.05) is 11.9 Å². The van der Waals surface area contributed by atoms with E-state index in [0.717, 1.165) is 12.1 Å². The highest BCUT2D eigenvalue weighted by Gasteiger charge is 2.69. The van der Waals surface area contributed by atoms with Gasteiger partial charge in [0.25, 0.3) is 11.6 Å². The van der Waals surface area contributed by atoms with E-state index in [0.29, 0.717) is 0 Å². The summed E-state index contributed by atoms with van der Waals surface area (Å²) in [5, 5.41) is 22.0. The van der Waals surface area contributed by atoms with Gasteiger partial charge in [-0.25, -0.2) is 0 Å². The van der Waals surface area contributed by atoms with Crippen molar-refractivity contribution in [1.29, 1.82) is 5.26 Å². The Labute approximate surface area is 146 Å². The largest absolute Gasteiger partial charge is 0.455 e. The number of carbonyl (C=O) groups is 2. The summed E-state index contributed by atoms with van der Waals surface area (Å²) in [6, 6.07) is 5.14. The molecule has 1 atom stereocenters. The van der Waals surface area contributed by atoms with Gasteiger partial charge in [-0.1, -0.05) is 0 Å². The fraction of sp³-hybridized carbons (Fsp3) is 0.357. The Morgan fingerprint density at radius 3 is 2.62 bits per heavy atom. The molecule has 1 aromatic carbocycles. The molecular weight excluding hydrogens is 361 g/mol. The molecule has 2 rings (SSSR count). The molecule has 0 aromatic heterocycles. The first-order chi connectivity index (χ1) is 11.1. The molecule has 1 fully saturated rings. The van der Waals surface area contributed by atoms with Crippen molar-refractivity contribution in [3.05, 3.63) is 33.9 Å². The number of amides is 1. The molecule has 1 aromatic rings. The molecule has 1 N–H and O–H groups in total. The second-order valence-corrected chi connectivity index (χ2v) is 6.92. The van der Waals surface area contributed by atoms with Crippen LogP contribution in [0.15, 0.2) is 18.2 Å². The number of rotatable bonds is 5. The van der Waals surface area contributed by atoms with Crippen molar-refractivity contribution >= 4 is 46.5 Å².